The lowest BCUT2D eigenvalue weighted by Gasteiger charge is -2.35. The van der Waals surface area contributed by atoms with Crippen LogP contribution in [0.25, 0.3) is 0 Å². The van der Waals surface area contributed by atoms with Crippen molar-refractivity contribution < 1.29 is 19.1 Å². The molecule has 1 N–H and O–H groups in total. The van der Waals surface area contributed by atoms with Crippen molar-refractivity contribution in [3.8, 4) is 5.75 Å². The predicted octanol–water partition coefficient (Wildman–Crippen LogP) is 3.83. The highest BCUT2D eigenvalue weighted by Crippen LogP contribution is 2.29. The van der Waals surface area contributed by atoms with Crippen molar-refractivity contribution in [2.45, 2.75) is 52.2 Å². The third kappa shape index (κ3) is 4.88. The number of esters is 1. The van der Waals surface area contributed by atoms with Gasteiger partial charge in [0.15, 0.2) is 6.10 Å². The van der Waals surface area contributed by atoms with Crippen molar-refractivity contribution >= 4 is 23.5 Å². The topological polar surface area (TPSA) is 64.6 Å². The van der Waals surface area contributed by atoms with E-state index in [2.05, 4.69) is 19.2 Å². The van der Waals surface area contributed by atoms with Crippen LogP contribution in [0.1, 0.15) is 50.4 Å². The summed E-state index contributed by atoms with van der Waals surface area (Å²) in [7, 11) is 1.46. The Morgan fingerprint density at radius 3 is 2.68 bits per heavy atom. The molecule has 0 spiro atoms. The van der Waals surface area contributed by atoms with Crippen molar-refractivity contribution in [3.63, 3.8) is 0 Å². The minimum absolute atomic E-state index is 0.123. The molecule has 1 fully saturated rings. The Morgan fingerprint density at radius 1 is 1.28 bits per heavy atom. The molecule has 6 heteroatoms. The van der Waals surface area contributed by atoms with Gasteiger partial charge in [-0.25, -0.2) is 4.79 Å². The lowest BCUT2D eigenvalue weighted by molar-refractivity contribution is -0.130. The first-order chi connectivity index (χ1) is 11.8. The minimum Gasteiger partial charge on any atom is -0.496 e. The number of ether oxygens (including phenoxy) is 2. The van der Waals surface area contributed by atoms with E-state index in [1.54, 1.807) is 19.1 Å². The highest BCUT2D eigenvalue weighted by Gasteiger charge is 2.30. The van der Waals surface area contributed by atoms with E-state index >= 15 is 0 Å². The summed E-state index contributed by atoms with van der Waals surface area (Å²) in [5.41, 5.74) is 0.203. The molecule has 1 aliphatic carbocycles. The summed E-state index contributed by atoms with van der Waals surface area (Å²) in [5, 5.41) is 3.42. The van der Waals surface area contributed by atoms with Gasteiger partial charge >= 0.3 is 5.97 Å². The Kier molecular flexibility index (Phi) is 6.71. The van der Waals surface area contributed by atoms with Gasteiger partial charge in [0.2, 0.25) is 0 Å². The second-order valence-electron chi connectivity index (χ2n) is 6.77. The fourth-order valence-electron chi connectivity index (χ4n) is 3.20. The standard InChI is InChI=1S/C19H26ClNO4/c1-11-6-5-7-16(12(11)2)21-18(22)13(3)25-19(23)15-10-14(20)8-9-17(15)24-4/h8-13,16H,5-7H2,1-4H3,(H,21,22)/t11-,12-,13-,16-/m1/s1. The van der Waals surface area contributed by atoms with Crippen molar-refractivity contribution in [1.82, 2.24) is 5.32 Å². The van der Waals surface area contributed by atoms with Crippen LogP contribution in [-0.4, -0.2) is 31.1 Å². The van der Waals surface area contributed by atoms with Crippen molar-refractivity contribution in [3.05, 3.63) is 28.8 Å². The molecule has 1 aromatic rings. The summed E-state index contributed by atoms with van der Waals surface area (Å²) in [6, 6.07) is 4.81. The molecule has 0 aliphatic heterocycles. The van der Waals surface area contributed by atoms with Crippen LogP contribution in [0, 0.1) is 11.8 Å². The molecule has 25 heavy (non-hydrogen) atoms. The highest BCUT2D eigenvalue weighted by atomic mass is 35.5. The van der Waals surface area contributed by atoms with Gasteiger partial charge in [0.1, 0.15) is 11.3 Å². The monoisotopic (exact) mass is 367 g/mol. The molecule has 4 atom stereocenters. The molecule has 0 heterocycles. The maximum Gasteiger partial charge on any atom is 0.342 e. The van der Waals surface area contributed by atoms with E-state index in [9.17, 15) is 9.59 Å². The fraction of sp³-hybridized carbons (Fsp3) is 0.579. The largest absolute Gasteiger partial charge is 0.496 e. The molecular formula is C19H26ClNO4. The van der Waals surface area contributed by atoms with Crippen LogP contribution in [0.5, 0.6) is 5.75 Å². The number of amides is 1. The third-order valence-corrected chi connectivity index (χ3v) is 5.30. The zero-order valence-corrected chi connectivity index (χ0v) is 15.9. The Hall–Kier alpha value is -1.75. The molecule has 0 saturated heterocycles. The van der Waals surface area contributed by atoms with Gasteiger partial charge in [-0.05, 0) is 43.4 Å². The normalized spacial score (nSPS) is 24.3. The van der Waals surface area contributed by atoms with Crippen LogP contribution in [0.2, 0.25) is 5.02 Å². The molecule has 1 aliphatic rings. The van der Waals surface area contributed by atoms with E-state index in [4.69, 9.17) is 21.1 Å². The highest BCUT2D eigenvalue weighted by molar-refractivity contribution is 6.31. The van der Waals surface area contributed by atoms with E-state index in [-0.39, 0.29) is 17.5 Å². The van der Waals surface area contributed by atoms with Gasteiger partial charge in [0.25, 0.3) is 5.91 Å². The van der Waals surface area contributed by atoms with E-state index in [1.807, 2.05) is 0 Å². The summed E-state index contributed by atoms with van der Waals surface area (Å²) in [4.78, 5) is 24.8. The molecule has 2 rings (SSSR count). The number of benzene rings is 1. The van der Waals surface area contributed by atoms with E-state index in [0.717, 1.165) is 12.8 Å². The summed E-state index contributed by atoms with van der Waals surface area (Å²) in [6.45, 7) is 5.93. The van der Waals surface area contributed by atoms with Crippen molar-refractivity contribution in [2.24, 2.45) is 11.8 Å². The van der Waals surface area contributed by atoms with Crippen LogP contribution in [0.4, 0.5) is 0 Å². The van der Waals surface area contributed by atoms with Crippen LogP contribution in [0.15, 0.2) is 18.2 Å². The average molecular weight is 368 g/mol. The maximum atomic E-state index is 12.4. The second kappa shape index (κ2) is 8.56. The van der Waals surface area contributed by atoms with Crippen LogP contribution >= 0.6 is 11.6 Å². The molecule has 1 amide bonds. The number of halogens is 1. The number of nitrogens with one attached hydrogen (secondary N) is 1. The third-order valence-electron chi connectivity index (χ3n) is 5.07. The number of carbonyl (C=O) groups excluding carboxylic acids is 2. The first-order valence-electron chi connectivity index (χ1n) is 8.68. The van der Waals surface area contributed by atoms with Crippen molar-refractivity contribution in [1.29, 1.82) is 0 Å². The quantitative estimate of drug-likeness (QED) is 0.803. The smallest absolute Gasteiger partial charge is 0.342 e. The molecule has 0 bridgehead atoms. The zero-order chi connectivity index (χ0) is 18.6. The zero-order valence-electron chi connectivity index (χ0n) is 15.2. The molecule has 138 valence electrons. The van der Waals surface area contributed by atoms with Gasteiger partial charge in [0.05, 0.1) is 7.11 Å². The summed E-state index contributed by atoms with van der Waals surface area (Å²) in [6.07, 6.45) is 2.36. The molecule has 1 aromatic carbocycles. The summed E-state index contributed by atoms with van der Waals surface area (Å²) >= 11 is 5.93. The van der Waals surface area contributed by atoms with Gasteiger partial charge in [-0.15, -0.1) is 0 Å². The lowest BCUT2D eigenvalue weighted by Crippen LogP contribution is -2.47. The Bertz CT molecular complexity index is 634. The Labute approximate surface area is 154 Å². The number of methoxy groups -OCH3 is 1. The molecule has 0 aromatic heterocycles. The number of carbonyl (C=O) groups is 2. The molecule has 0 unspecified atom stereocenters. The molecule has 5 nitrogen and oxygen atoms in total. The average Bonchev–Trinajstić information content (AvgIpc) is 2.58. The first-order valence-corrected chi connectivity index (χ1v) is 9.06. The maximum absolute atomic E-state index is 12.4. The van der Waals surface area contributed by atoms with E-state index in [0.29, 0.717) is 22.6 Å². The van der Waals surface area contributed by atoms with Crippen molar-refractivity contribution in [2.75, 3.05) is 7.11 Å². The molecular weight excluding hydrogens is 342 g/mol. The van der Waals surface area contributed by atoms with Crippen LogP contribution < -0.4 is 10.1 Å². The molecule has 0 radical (unpaired) electrons. The van der Waals surface area contributed by atoms with Crippen LogP contribution in [-0.2, 0) is 9.53 Å². The first kappa shape index (κ1) is 19.6. The number of rotatable bonds is 5. The van der Waals surface area contributed by atoms with Gasteiger partial charge in [-0.2, -0.15) is 0 Å². The van der Waals surface area contributed by atoms with Gasteiger partial charge < -0.3 is 14.8 Å². The van der Waals surface area contributed by atoms with Gasteiger partial charge in [-0.3, -0.25) is 4.79 Å². The Morgan fingerprint density at radius 2 is 2.00 bits per heavy atom. The second-order valence-corrected chi connectivity index (χ2v) is 7.21. The lowest BCUT2D eigenvalue weighted by atomic mass is 9.78. The number of hydrogen-bond donors (Lipinski definition) is 1. The Balaban J connectivity index is 1.99. The fourth-order valence-corrected chi connectivity index (χ4v) is 3.38. The minimum atomic E-state index is -0.888. The summed E-state index contributed by atoms with van der Waals surface area (Å²) < 4.78 is 10.5. The summed E-state index contributed by atoms with van der Waals surface area (Å²) in [5.74, 6) is 0.436. The van der Waals surface area contributed by atoms with Gasteiger partial charge in [0, 0.05) is 11.1 Å². The van der Waals surface area contributed by atoms with E-state index in [1.165, 1.54) is 19.6 Å². The van der Waals surface area contributed by atoms with Crippen LogP contribution in [0.3, 0.4) is 0 Å². The SMILES string of the molecule is COc1ccc(Cl)cc1C(=O)O[C@H](C)C(=O)N[C@@H]1CCC[C@@H](C)[C@H]1C. The molecule has 1 saturated carbocycles. The van der Waals surface area contributed by atoms with Gasteiger partial charge in [-0.1, -0.05) is 38.3 Å². The number of hydrogen-bond acceptors (Lipinski definition) is 4. The predicted molar refractivity (Wildman–Crippen MR) is 97.0 cm³/mol. The van der Waals surface area contributed by atoms with E-state index < -0.39 is 12.1 Å².